The number of epoxide rings is 1. The highest BCUT2D eigenvalue weighted by molar-refractivity contribution is 4.94. The van der Waals surface area contributed by atoms with Crippen LogP contribution in [0.15, 0.2) is 0 Å². The molecule has 3 aliphatic carbocycles. The topological polar surface area (TPSA) is 43.7 Å². The monoisotopic (exact) mass is 467 g/mol. The normalized spacial score (nSPS) is 29.5. The summed E-state index contributed by atoms with van der Waals surface area (Å²) in [5.74, 6) is 0. The van der Waals surface area contributed by atoms with Gasteiger partial charge >= 0.3 is 0 Å². The number of hydrogen-bond acceptors (Lipinski definition) is 3. The first-order valence-electron chi connectivity index (χ1n) is 13.7. The Kier molecular flexibility index (Phi) is 11.0. The average molecular weight is 468 g/mol. The molecular formula is C30H61NO2. The lowest BCUT2D eigenvalue weighted by molar-refractivity contribution is -0.0892. The van der Waals surface area contributed by atoms with E-state index in [2.05, 4.69) is 88.4 Å². The summed E-state index contributed by atoms with van der Waals surface area (Å²) < 4.78 is 9.83. The van der Waals surface area contributed by atoms with Gasteiger partial charge in [0, 0.05) is 17.5 Å². The van der Waals surface area contributed by atoms with E-state index in [1.54, 1.807) is 0 Å². The summed E-state index contributed by atoms with van der Waals surface area (Å²) in [7, 11) is 0. The molecule has 33 heavy (non-hydrogen) atoms. The van der Waals surface area contributed by atoms with Crippen LogP contribution in [-0.2, 0) is 9.47 Å². The molecule has 198 valence electrons. The van der Waals surface area contributed by atoms with Crippen molar-refractivity contribution < 1.29 is 9.47 Å². The third kappa shape index (κ3) is 18.8. The molecule has 1 N–H and O–H groups in total. The predicted octanol–water partition coefficient (Wildman–Crippen LogP) is 8.41. The molecule has 3 heteroatoms. The second-order valence-electron chi connectivity index (χ2n) is 15.6. The van der Waals surface area contributed by atoms with Gasteiger partial charge in [0.1, 0.15) is 0 Å². The average Bonchev–Trinajstić information content (AvgIpc) is 3.56. The van der Waals surface area contributed by atoms with Crippen LogP contribution in [0.4, 0.5) is 0 Å². The minimum atomic E-state index is 0.250. The highest BCUT2D eigenvalue weighted by atomic mass is 16.6. The number of rotatable bonds is 0. The Morgan fingerprint density at radius 3 is 0.667 bits per heavy atom. The van der Waals surface area contributed by atoms with Crippen LogP contribution in [0.5, 0.6) is 0 Å². The maximum absolute atomic E-state index is 4.94. The van der Waals surface area contributed by atoms with Gasteiger partial charge in [-0.3, -0.25) is 0 Å². The van der Waals surface area contributed by atoms with E-state index in [-0.39, 0.29) is 5.60 Å². The zero-order valence-electron chi connectivity index (χ0n) is 24.8. The largest absolute Gasteiger partial charge is 0.380 e. The van der Waals surface area contributed by atoms with Crippen LogP contribution in [0.2, 0.25) is 0 Å². The van der Waals surface area contributed by atoms with Crippen LogP contribution in [-0.4, -0.2) is 37.5 Å². The molecule has 3 saturated carbocycles. The maximum atomic E-state index is 4.94. The summed E-state index contributed by atoms with van der Waals surface area (Å²) in [6, 6.07) is 0. The molecule has 0 aromatic carbocycles. The molecule has 3 heterocycles. The summed E-state index contributed by atoms with van der Waals surface area (Å²) in [5.41, 5.74) is 3.44. The summed E-state index contributed by atoms with van der Waals surface area (Å²) >= 11 is 0. The molecule has 0 spiro atoms. The summed E-state index contributed by atoms with van der Waals surface area (Å²) in [4.78, 5) is 0. The predicted molar refractivity (Wildman–Crippen MR) is 145 cm³/mol. The highest BCUT2D eigenvalue weighted by Crippen LogP contribution is 2.43. The zero-order chi connectivity index (χ0) is 25.6. The molecule has 3 saturated heterocycles. The summed E-state index contributed by atoms with van der Waals surface area (Å²) in [6.07, 6.45) is 11.6. The fourth-order valence-corrected chi connectivity index (χ4v) is 2.85. The fraction of sp³-hybridized carbons (Fsp3) is 1.00. The standard InChI is InChI=1S/2C6H12.C5H10O.C5H10.C4H9N.C4H8O/c2*1-6(2)4-3-5-6;1-5(2)3-6-4-5;1-5(2)3-4-5;2*1-4(2)3-5-4/h2*3-5H2,1-2H3;3-4H2,1-2H3;3-4H2,1-2H3;5H,3H2,1-2H3;3H2,1-2H3. The first-order chi connectivity index (χ1) is 14.7. The number of hydrogen-bond donors (Lipinski definition) is 1. The second-order valence-corrected chi connectivity index (χ2v) is 15.6. The molecule has 0 aromatic heterocycles. The zero-order valence-corrected chi connectivity index (χ0v) is 24.8. The third-order valence-corrected chi connectivity index (χ3v) is 7.26. The van der Waals surface area contributed by atoms with Crippen LogP contribution in [0.1, 0.15) is 134 Å². The minimum absolute atomic E-state index is 0.250. The smallest absolute Gasteiger partial charge is 0.0860 e. The molecule has 6 fully saturated rings. The van der Waals surface area contributed by atoms with Crippen LogP contribution in [0, 0.1) is 21.7 Å². The first-order valence-corrected chi connectivity index (χ1v) is 13.7. The molecule has 0 amide bonds. The van der Waals surface area contributed by atoms with Gasteiger partial charge in [-0.25, -0.2) is 0 Å². The molecular weight excluding hydrogens is 406 g/mol. The van der Waals surface area contributed by atoms with Crippen molar-refractivity contribution in [3.05, 3.63) is 0 Å². The van der Waals surface area contributed by atoms with Crippen LogP contribution in [0.25, 0.3) is 0 Å². The maximum Gasteiger partial charge on any atom is 0.0860 e. The van der Waals surface area contributed by atoms with Crippen molar-refractivity contribution in [3.63, 3.8) is 0 Å². The third-order valence-electron chi connectivity index (χ3n) is 7.26. The Morgan fingerprint density at radius 2 is 0.667 bits per heavy atom. The van der Waals surface area contributed by atoms with Crippen molar-refractivity contribution in [1.29, 1.82) is 0 Å². The van der Waals surface area contributed by atoms with E-state index in [0.29, 0.717) is 11.0 Å². The summed E-state index contributed by atoms with van der Waals surface area (Å²) in [6.45, 7) is 30.9. The van der Waals surface area contributed by atoms with Crippen molar-refractivity contribution in [2.45, 2.75) is 146 Å². The lowest BCUT2D eigenvalue weighted by Gasteiger charge is -2.33. The molecule has 6 aliphatic rings. The van der Waals surface area contributed by atoms with Gasteiger partial charge in [-0.1, -0.05) is 68.2 Å². The van der Waals surface area contributed by atoms with Gasteiger partial charge in [-0.05, 0) is 82.5 Å². The van der Waals surface area contributed by atoms with Gasteiger partial charge in [0.15, 0.2) is 0 Å². The summed E-state index contributed by atoms with van der Waals surface area (Å²) in [5, 5.41) is 3.17. The van der Waals surface area contributed by atoms with Crippen LogP contribution in [0.3, 0.4) is 0 Å². The first kappa shape index (κ1) is 30.9. The molecule has 0 radical (unpaired) electrons. The van der Waals surface area contributed by atoms with Crippen molar-refractivity contribution in [1.82, 2.24) is 5.32 Å². The van der Waals surface area contributed by atoms with Crippen molar-refractivity contribution in [3.8, 4) is 0 Å². The van der Waals surface area contributed by atoms with E-state index in [9.17, 15) is 0 Å². The fourth-order valence-electron chi connectivity index (χ4n) is 2.85. The molecule has 3 nitrogen and oxygen atoms in total. The van der Waals surface area contributed by atoms with Gasteiger partial charge in [0.05, 0.1) is 25.4 Å². The van der Waals surface area contributed by atoms with Crippen LogP contribution < -0.4 is 5.32 Å². The van der Waals surface area contributed by atoms with E-state index < -0.39 is 0 Å². The van der Waals surface area contributed by atoms with E-state index in [1.807, 2.05) is 0 Å². The Balaban J connectivity index is 0.000000198. The molecule has 0 atom stereocenters. The van der Waals surface area contributed by atoms with Crippen molar-refractivity contribution in [2.75, 3.05) is 26.4 Å². The van der Waals surface area contributed by atoms with E-state index >= 15 is 0 Å². The van der Waals surface area contributed by atoms with E-state index in [0.717, 1.165) is 36.1 Å². The molecule has 0 bridgehead atoms. The lowest BCUT2D eigenvalue weighted by Crippen LogP contribution is -2.36. The Labute approximate surface area is 208 Å². The molecule has 0 aromatic rings. The van der Waals surface area contributed by atoms with Gasteiger partial charge in [-0.2, -0.15) is 0 Å². The lowest BCUT2D eigenvalue weighted by atomic mass is 9.72. The Hall–Kier alpha value is -0.120. The highest BCUT2D eigenvalue weighted by Gasteiger charge is 2.32. The van der Waals surface area contributed by atoms with Gasteiger partial charge in [0.25, 0.3) is 0 Å². The second kappa shape index (κ2) is 11.7. The van der Waals surface area contributed by atoms with Crippen molar-refractivity contribution >= 4 is 0 Å². The Morgan fingerprint density at radius 1 is 0.485 bits per heavy atom. The molecule has 6 rings (SSSR count). The quantitative estimate of drug-likeness (QED) is 0.364. The Bertz CT molecular complexity index is 455. The van der Waals surface area contributed by atoms with Gasteiger partial charge < -0.3 is 14.8 Å². The number of nitrogens with one attached hydrogen (secondary N) is 1. The van der Waals surface area contributed by atoms with E-state index in [4.69, 9.17) is 9.47 Å². The van der Waals surface area contributed by atoms with Crippen LogP contribution >= 0.6 is 0 Å². The number of ether oxygens (including phenoxy) is 2. The SMILES string of the molecule is CC1(C)CC1.CC1(C)CCC1.CC1(C)CCC1.CC1(C)CN1.CC1(C)CO1.CC1(C)COC1. The minimum Gasteiger partial charge on any atom is -0.380 e. The molecule has 0 unspecified atom stereocenters. The molecule has 3 aliphatic heterocycles. The van der Waals surface area contributed by atoms with Gasteiger partial charge in [0.2, 0.25) is 0 Å². The van der Waals surface area contributed by atoms with E-state index in [1.165, 1.54) is 57.9 Å². The van der Waals surface area contributed by atoms with Gasteiger partial charge in [-0.15, -0.1) is 0 Å². The van der Waals surface area contributed by atoms with Crippen molar-refractivity contribution in [2.24, 2.45) is 21.7 Å².